The molecule has 0 saturated heterocycles. The minimum Gasteiger partial charge on any atom is -0.430 e. The molecule has 0 aliphatic rings. The van der Waals surface area contributed by atoms with Gasteiger partial charge in [0.15, 0.2) is 6.79 Å². The van der Waals surface area contributed by atoms with E-state index in [1.165, 1.54) is 18.3 Å². The molecule has 0 atom stereocenters. The lowest BCUT2D eigenvalue weighted by atomic mass is 10.1. The molecule has 4 nitrogen and oxygen atoms in total. The second-order valence-electron chi connectivity index (χ2n) is 3.98. The fraction of sp³-hybridized carbons (Fsp3) is 0.615. The van der Waals surface area contributed by atoms with Gasteiger partial charge in [-0.1, -0.05) is 17.2 Å². The smallest absolute Gasteiger partial charge is 0.430 e. The van der Waals surface area contributed by atoms with Gasteiger partial charge < -0.3 is 14.2 Å². The van der Waals surface area contributed by atoms with Crippen molar-refractivity contribution in [1.82, 2.24) is 0 Å². The van der Waals surface area contributed by atoms with Gasteiger partial charge in [-0.3, -0.25) is 0 Å². The maximum atomic E-state index is 10.9. The first-order chi connectivity index (χ1) is 8.06. The number of hydrogen-bond acceptors (Lipinski definition) is 4. The van der Waals surface area contributed by atoms with Crippen LogP contribution in [-0.4, -0.2) is 26.7 Å². The summed E-state index contributed by atoms with van der Waals surface area (Å²) in [5.74, 6) is 0. The van der Waals surface area contributed by atoms with Crippen LogP contribution in [0.5, 0.6) is 0 Å². The van der Waals surface area contributed by atoms with E-state index in [4.69, 9.17) is 4.74 Å². The molecule has 0 N–H and O–H groups in total. The number of rotatable bonds is 7. The van der Waals surface area contributed by atoms with E-state index in [2.05, 4.69) is 29.4 Å². The highest BCUT2D eigenvalue weighted by Gasteiger charge is 2.00. The zero-order valence-corrected chi connectivity index (χ0v) is 11.1. The van der Waals surface area contributed by atoms with Crippen molar-refractivity contribution in [1.29, 1.82) is 0 Å². The van der Waals surface area contributed by atoms with Crippen LogP contribution in [0.4, 0.5) is 4.79 Å². The van der Waals surface area contributed by atoms with Gasteiger partial charge in [-0.05, 0) is 39.7 Å². The van der Waals surface area contributed by atoms with E-state index in [1.807, 2.05) is 13.0 Å². The molecule has 0 saturated carbocycles. The van der Waals surface area contributed by atoms with Crippen LogP contribution in [0.1, 0.15) is 33.6 Å². The van der Waals surface area contributed by atoms with Crippen molar-refractivity contribution >= 4 is 6.16 Å². The molecule has 0 unspecified atom stereocenters. The fourth-order valence-electron chi connectivity index (χ4n) is 1.09. The predicted molar refractivity (Wildman–Crippen MR) is 66.7 cm³/mol. The SMILES string of the molecule is COCOC(=O)OC/C=C(\C)CCC=C(C)C. The standard InChI is InChI=1S/C13H22O4/c1-11(2)6-5-7-12(3)8-9-16-13(14)17-10-15-4/h6,8H,5,7,9-10H2,1-4H3/b12-8+. The molecule has 0 aliphatic carbocycles. The van der Waals surface area contributed by atoms with Gasteiger partial charge >= 0.3 is 6.16 Å². The van der Waals surface area contributed by atoms with Crippen LogP contribution in [0.3, 0.4) is 0 Å². The van der Waals surface area contributed by atoms with Gasteiger partial charge in [-0.15, -0.1) is 0 Å². The van der Waals surface area contributed by atoms with E-state index >= 15 is 0 Å². The maximum absolute atomic E-state index is 10.9. The zero-order chi connectivity index (χ0) is 13.1. The Morgan fingerprint density at radius 3 is 2.41 bits per heavy atom. The lowest BCUT2D eigenvalue weighted by Gasteiger charge is -2.03. The van der Waals surface area contributed by atoms with E-state index in [1.54, 1.807) is 0 Å². The third-order valence-electron chi connectivity index (χ3n) is 2.02. The van der Waals surface area contributed by atoms with Crippen LogP contribution in [0, 0.1) is 0 Å². The van der Waals surface area contributed by atoms with Gasteiger partial charge in [0.25, 0.3) is 0 Å². The lowest BCUT2D eigenvalue weighted by Crippen LogP contribution is -2.09. The van der Waals surface area contributed by atoms with Crippen LogP contribution >= 0.6 is 0 Å². The first-order valence-corrected chi connectivity index (χ1v) is 5.63. The summed E-state index contributed by atoms with van der Waals surface area (Å²) in [6.45, 7) is 6.33. The molecular formula is C13H22O4. The molecule has 0 amide bonds. The van der Waals surface area contributed by atoms with E-state index in [0.29, 0.717) is 0 Å². The Morgan fingerprint density at radius 1 is 1.12 bits per heavy atom. The van der Waals surface area contributed by atoms with Crippen molar-refractivity contribution in [3.63, 3.8) is 0 Å². The lowest BCUT2D eigenvalue weighted by molar-refractivity contribution is -0.0229. The van der Waals surface area contributed by atoms with Crippen molar-refractivity contribution in [3.8, 4) is 0 Å². The Morgan fingerprint density at radius 2 is 1.82 bits per heavy atom. The molecule has 0 bridgehead atoms. The first kappa shape index (κ1) is 15.7. The topological polar surface area (TPSA) is 44.8 Å². The molecule has 17 heavy (non-hydrogen) atoms. The molecule has 0 radical (unpaired) electrons. The average molecular weight is 242 g/mol. The van der Waals surface area contributed by atoms with E-state index < -0.39 is 6.16 Å². The van der Waals surface area contributed by atoms with Crippen molar-refractivity contribution in [2.24, 2.45) is 0 Å². The first-order valence-electron chi connectivity index (χ1n) is 5.63. The number of ether oxygens (including phenoxy) is 3. The Labute approximate surface area is 103 Å². The summed E-state index contributed by atoms with van der Waals surface area (Å²) in [5, 5.41) is 0. The summed E-state index contributed by atoms with van der Waals surface area (Å²) >= 11 is 0. The second-order valence-corrected chi connectivity index (χ2v) is 3.98. The largest absolute Gasteiger partial charge is 0.510 e. The van der Waals surface area contributed by atoms with Crippen LogP contribution in [-0.2, 0) is 14.2 Å². The van der Waals surface area contributed by atoms with E-state index in [-0.39, 0.29) is 13.4 Å². The van der Waals surface area contributed by atoms with Gasteiger partial charge in [0.05, 0.1) is 0 Å². The van der Waals surface area contributed by atoms with Crippen LogP contribution in [0.25, 0.3) is 0 Å². The molecule has 0 rings (SSSR count). The predicted octanol–water partition coefficient (Wildman–Crippen LogP) is 3.44. The van der Waals surface area contributed by atoms with Crippen molar-refractivity contribution in [2.75, 3.05) is 20.5 Å². The zero-order valence-electron chi connectivity index (χ0n) is 11.1. The molecule has 0 heterocycles. The number of carbonyl (C=O) groups is 1. The van der Waals surface area contributed by atoms with Crippen molar-refractivity contribution < 1.29 is 19.0 Å². The summed E-state index contributed by atoms with van der Waals surface area (Å²) in [4.78, 5) is 10.9. The van der Waals surface area contributed by atoms with E-state index in [0.717, 1.165) is 12.8 Å². The fourth-order valence-corrected chi connectivity index (χ4v) is 1.09. The van der Waals surface area contributed by atoms with Crippen LogP contribution in [0.15, 0.2) is 23.3 Å². The van der Waals surface area contributed by atoms with Crippen LogP contribution in [0.2, 0.25) is 0 Å². The minimum absolute atomic E-state index is 0.0812. The summed E-state index contributed by atoms with van der Waals surface area (Å²) in [6.07, 6.45) is 5.35. The van der Waals surface area contributed by atoms with Crippen molar-refractivity contribution in [2.45, 2.75) is 33.6 Å². The number of hydrogen-bond donors (Lipinski definition) is 0. The maximum Gasteiger partial charge on any atom is 0.510 e. The normalized spacial score (nSPS) is 10.9. The molecular weight excluding hydrogens is 220 g/mol. The van der Waals surface area contributed by atoms with Gasteiger partial charge in [0, 0.05) is 7.11 Å². The molecule has 0 aromatic heterocycles. The highest BCUT2D eigenvalue weighted by molar-refractivity contribution is 5.59. The monoisotopic (exact) mass is 242 g/mol. The van der Waals surface area contributed by atoms with Gasteiger partial charge in [-0.25, -0.2) is 4.79 Å². The molecule has 0 fully saturated rings. The summed E-state index contributed by atoms with van der Waals surface area (Å²) in [5.41, 5.74) is 2.51. The summed E-state index contributed by atoms with van der Waals surface area (Å²) < 4.78 is 13.9. The second kappa shape index (κ2) is 9.90. The Hall–Kier alpha value is -1.29. The van der Waals surface area contributed by atoms with Gasteiger partial charge in [0.1, 0.15) is 6.61 Å². The summed E-state index contributed by atoms with van der Waals surface area (Å²) in [7, 11) is 1.45. The number of carbonyl (C=O) groups excluding carboxylic acids is 1. The molecule has 0 aliphatic heterocycles. The molecule has 0 spiro atoms. The van der Waals surface area contributed by atoms with Gasteiger partial charge in [-0.2, -0.15) is 0 Å². The molecule has 0 aromatic rings. The Bertz CT molecular complexity index is 275. The molecule has 0 aromatic carbocycles. The Balaban J connectivity index is 3.69. The molecule has 98 valence electrons. The highest BCUT2D eigenvalue weighted by Crippen LogP contribution is 2.06. The third-order valence-corrected chi connectivity index (χ3v) is 2.02. The average Bonchev–Trinajstić information content (AvgIpc) is 2.25. The minimum atomic E-state index is -0.708. The third kappa shape index (κ3) is 11.0. The number of methoxy groups -OCH3 is 1. The Kier molecular flexibility index (Phi) is 9.15. The van der Waals surface area contributed by atoms with E-state index in [9.17, 15) is 4.79 Å². The molecule has 4 heteroatoms. The number of allylic oxidation sites excluding steroid dienone is 3. The summed E-state index contributed by atoms with van der Waals surface area (Å²) in [6, 6.07) is 0. The van der Waals surface area contributed by atoms with Gasteiger partial charge in [0.2, 0.25) is 0 Å². The van der Waals surface area contributed by atoms with Crippen LogP contribution < -0.4 is 0 Å². The van der Waals surface area contributed by atoms with Crippen molar-refractivity contribution in [3.05, 3.63) is 23.3 Å². The highest BCUT2D eigenvalue weighted by atomic mass is 16.8. The quantitative estimate of drug-likeness (QED) is 0.390.